The van der Waals surface area contributed by atoms with Crippen LogP contribution in [0.5, 0.6) is 0 Å². The van der Waals surface area contributed by atoms with E-state index in [1.54, 1.807) is 12.5 Å². The van der Waals surface area contributed by atoms with Crippen molar-refractivity contribution in [2.24, 2.45) is 0 Å². The SMILES string of the molecule is [SnH][c]1ncco1. The molecule has 2 radical (unpaired) electrons. The maximum atomic E-state index is 4.78. The second-order valence-corrected chi connectivity index (χ2v) is 2.28. The van der Waals surface area contributed by atoms with Crippen LogP contribution in [0.25, 0.3) is 0 Å². The van der Waals surface area contributed by atoms with E-state index in [-0.39, 0.29) is 0 Å². The number of hydrogen-bond donors (Lipinski definition) is 0. The van der Waals surface area contributed by atoms with E-state index in [1.165, 1.54) is 0 Å². The Labute approximate surface area is 48.7 Å². The van der Waals surface area contributed by atoms with Gasteiger partial charge >= 0.3 is 48.3 Å². The van der Waals surface area contributed by atoms with Gasteiger partial charge in [-0.2, -0.15) is 0 Å². The molecule has 0 bridgehead atoms. The van der Waals surface area contributed by atoms with Gasteiger partial charge in [0, 0.05) is 0 Å². The molecule has 0 saturated carbocycles. The molecule has 1 aromatic rings. The molecule has 1 rings (SSSR count). The Morgan fingerprint density at radius 3 is 2.83 bits per heavy atom. The Balaban J connectivity index is 3.05. The average Bonchev–Trinajstić information content (AvgIpc) is 1.86. The summed E-state index contributed by atoms with van der Waals surface area (Å²) in [5.41, 5.74) is 0. The molecule has 0 aliphatic carbocycles. The summed E-state index contributed by atoms with van der Waals surface area (Å²) in [6.45, 7) is 0. The van der Waals surface area contributed by atoms with Crippen LogP contribution in [0.15, 0.2) is 16.9 Å². The summed E-state index contributed by atoms with van der Waals surface area (Å²) in [6, 6.07) is 0. The van der Waals surface area contributed by atoms with Crippen molar-refractivity contribution in [2.75, 3.05) is 0 Å². The molecule has 0 fully saturated rings. The number of aromatic nitrogens is 1. The summed E-state index contributed by atoms with van der Waals surface area (Å²) in [5, 5.41) is 0. The van der Waals surface area contributed by atoms with Crippen LogP contribution in [-0.4, -0.2) is 27.5 Å². The van der Waals surface area contributed by atoms with Crippen LogP contribution in [0.1, 0.15) is 0 Å². The van der Waals surface area contributed by atoms with Crippen molar-refractivity contribution in [2.45, 2.75) is 0 Å². The fourth-order valence-corrected chi connectivity index (χ4v) is 0.704. The second kappa shape index (κ2) is 1.64. The van der Waals surface area contributed by atoms with Crippen LogP contribution in [0, 0.1) is 0 Å². The van der Waals surface area contributed by atoms with Gasteiger partial charge in [-0.1, -0.05) is 0 Å². The third kappa shape index (κ3) is 0.739. The summed E-state index contributed by atoms with van der Waals surface area (Å²) in [6.07, 6.45) is 3.24. The summed E-state index contributed by atoms with van der Waals surface area (Å²) in [5.74, 6) is 0. The zero-order valence-corrected chi connectivity index (χ0v) is 6.38. The Morgan fingerprint density at radius 1 is 1.83 bits per heavy atom. The molecule has 1 heterocycles. The molecule has 0 aromatic carbocycles. The van der Waals surface area contributed by atoms with Gasteiger partial charge in [0.15, 0.2) is 0 Å². The van der Waals surface area contributed by atoms with Gasteiger partial charge in [0.2, 0.25) is 0 Å². The van der Waals surface area contributed by atoms with Gasteiger partial charge in [-0.15, -0.1) is 0 Å². The monoisotopic (exact) mass is 189 g/mol. The first-order chi connectivity index (χ1) is 2.89. The molecule has 0 spiro atoms. The van der Waals surface area contributed by atoms with Gasteiger partial charge in [0.25, 0.3) is 0 Å². The van der Waals surface area contributed by atoms with E-state index < -0.39 is 0 Å². The van der Waals surface area contributed by atoms with Gasteiger partial charge in [0.1, 0.15) is 0 Å². The van der Waals surface area contributed by atoms with Crippen molar-refractivity contribution in [1.82, 2.24) is 4.98 Å². The van der Waals surface area contributed by atoms with Crippen molar-refractivity contribution in [3.05, 3.63) is 12.5 Å². The van der Waals surface area contributed by atoms with E-state index in [1.807, 2.05) is 0 Å². The Bertz CT molecular complexity index is 114. The molecule has 0 amide bonds. The summed E-state index contributed by atoms with van der Waals surface area (Å²) >= 11 is 0.975. The van der Waals surface area contributed by atoms with E-state index in [4.69, 9.17) is 4.42 Å². The molecule has 0 atom stereocenters. The molecule has 3 heteroatoms. The van der Waals surface area contributed by atoms with E-state index in [0.29, 0.717) is 0 Å². The molecule has 0 saturated heterocycles. The van der Waals surface area contributed by atoms with E-state index in [9.17, 15) is 0 Å². The van der Waals surface area contributed by atoms with Crippen molar-refractivity contribution < 1.29 is 4.42 Å². The first-order valence-corrected chi connectivity index (χ1v) is 3.19. The van der Waals surface area contributed by atoms with Gasteiger partial charge < -0.3 is 0 Å². The molecule has 0 aliphatic heterocycles. The molecule has 1 aromatic heterocycles. The predicted octanol–water partition coefficient (Wildman–Crippen LogP) is -0.799. The van der Waals surface area contributed by atoms with Crippen LogP contribution >= 0.6 is 0 Å². The zero-order chi connectivity index (χ0) is 4.41. The van der Waals surface area contributed by atoms with Gasteiger partial charge in [-0.3, -0.25) is 0 Å². The predicted molar refractivity (Wildman–Crippen MR) is 23.3 cm³/mol. The molecule has 6 heavy (non-hydrogen) atoms. The van der Waals surface area contributed by atoms with Crippen molar-refractivity contribution in [1.29, 1.82) is 0 Å². The van der Waals surface area contributed by atoms with E-state index in [0.717, 1.165) is 26.4 Å². The third-order valence-electron chi connectivity index (χ3n) is 0.451. The standard InChI is InChI=1S/C3H2NO.Sn.H/c1-2-5-3-4-1;;/h1-2H;;. The first kappa shape index (κ1) is 4.18. The molecule has 2 nitrogen and oxygen atoms in total. The minimum atomic E-state index is 0.848. The van der Waals surface area contributed by atoms with Crippen LogP contribution in [0.4, 0.5) is 0 Å². The number of hydrogen-bond acceptors (Lipinski definition) is 2. The first-order valence-electron chi connectivity index (χ1n) is 1.54. The van der Waals surface area contributed by atoms with Gasteiger partial charge in [-0.05, 0) is 0 Å². The fourth-order valence-electron chi connectivity index (χ4n) is 0.234. The van der Waals surface area contributed by atoms with Crippen LogP contribution in [-0.2, 0) is 0 Å². The summed E-state index contributed by atoms with van der Waals surface area (Å²) in [4.78, 5) is 3.81. The quantitative estimate of drug-likeness (QED) is 0.498. The summed E-state index contributed by atoms with van der Waals surface area (Å²) in [7, 11) is 0. The maximum absolute atomic E-state index is 4.78. The fraction of sp³-hybridized carbons (Fsp3) is 0. The van der Waals surface area contributed by atoms with Gasteiger partial charge in [-0.25, -0.2) is 0 Å². The van der Waals surface area contributed by atoms with E-state index >= 15 is 0 Å². The van der Waals surface area contributed by atoms with Crippen LogP contribution < -0.4 is 3.91 Å². The molecular formula is C3H3NOSn. The van der Waals surface area contributed by atoms with E-state index in [2.05, 4.69) is 4.98 Å². The summed E-state index contributed by atoms with van der Waals surface area (Å²) < 4.78 is 5.63. The van der Waals surface area contributed by atoms with Crippen LogP contribution in [0.2, 0.25) is 0 Å². The number of nitrogens with zero attached hydrogens (tertiary/aromatic N) is 1. The number of rotatable bonds is 0. The van der Waals surface area contributed by atoms with Crippen molar-refractivity contribution in [3.63, 3.8) is 0 Å². The van der Waals surface area contributed by atoms with Crippen LogP contribution in [0.3, 0.4) is 0 Å². The molecule has 0 unspecified atom stereocenters. The number of oxazole rings is 1. The van der Waals surface area contributed by atoms with Crippen molar-refractivity contribution >= 4 is 26.4 Å². The Hall–Kier alpha value is 0.00870. The molecule has 0 N–H and O–H groups in total. The van der Waals surface area contributed by atoms with Crippen molar-refractivity contribution in [3.8, 4) is 0 Å². The Kier molecular flexibility index (Phi) is 1.14. The second-order valence-electron chi connectivity index (χ2n) is 0.870. The normalized spacial score (nSPS) is 8.83. The Morgan fingerprint density at radius 2 is 2.67 bits per heavy atom. The topological polar surface area (TPSA) is 26.0 Å². The molecular weight excluding hydrogens is 185 g/mol. The molecule has 0 aliphatic rings. The average molecular weight is 188 g/mol. The molecule has 30 valence electrons. The minimum absolute atomic E-state index is 0.848. The third-order valence-corrected chi connectivity index (χ3v) is 1.27. The zero-order valence-electron chi connectivity index (χ0n) is 3.09. The van der Waals surface area contributed by atoms with Gasteiger partial charge in [0.05, 0.1) is 0 Å².